The van der Waals surface area contributed by atoms with E-state index in [0.717, 1.165) is 24.0 Å². The highest BCUT2D eigenvalue weighted by Gasteiger charge is 2.51. The highest BCUT2D eigenvalue weighted by molar-refractivity contribution is 5.17. The van der Waals surface area contributed by atoms with Crippen LogP contribution in [0.15, 0.2) is 60.7 Å². The molecule has 0 bridgehead atoms. The van der Waals surface area contributed by atoms with Gasteiger partial charge in [0.2, 0.25) is 0 Å². The summed E-state index contributed by atoms with van der Waals surface area (Å²) in [4.78, 5) is 0. The third kappa shape index (κ3) is 4.61. The van der Waals surface area contributed by atoms with E-state index in [1.807, 2.05) is 48.5 Å². The molecule has 2 aromatic carbocycles. The van der Waals surface area contributed by atoms with Crippen molar-refractivity contribution < 1.29 is 23.7 Å². The van der Waals surface area contributed by atoms with Gasteiger partial charge in [-0.1, -0.05) is 79.9 Å². The molecule has 2 saturated heterocycles. The van der Waals surface area contributed by atoms with Crippen molar-refractivity contribution in [1.82, 2.24) is 0 Å². The summed E-state index contributed by atoms with van der Waals surface area (Å²) in [6, 6.07) is 20.2. The molecule has 5 nitrogen and oxygen atoms in total. The minimum atomic E-state index is -0.426. The fraction of sp³-hybridized carbons (Fsp3) is 0.520. The highest BCUT2D eigenvalue weighted by atomic mass is 16.8. The Bertz CT molecular complexity index is 777. The van der Waals surface area contributed by atoms with Gasteiger partial charge >= 0.3 is 0 Å². The van der Waals surface area contributed by atoms with Crippen molar-refractivity contribution in [2.45, 2.75) is 75.7 Å². The topological polar surface area (TPSA) is 46.2 Å². The number of fused-ring (bicyclic) bond motifs is 1. The average molecular weight is 411 g/mol. The van der Waals surface area contributed by atoms with E-state index in [1.165, 1.54) is 19.3 Å². The molecule has 3 aliphatic rings. The van der Waals surface area contributed by atoms with E-state index in [2.05, 4.69) is 12.1 Å². The second-order valence-electron chi connectivity index (χ2n) is 8.38. The van der Waals surface area contributed by atoms with Gasteiger partial charge in [0.15, 0.2) is 12.6 Å². The summed E-state index contributed by atoms with van der Waals surface area (Å²) in [6.45, 7) is 0.975. The lowest BCUT2D eigenvalue weighted by Crippen LogP contribution is -2.44. The van der Waals surface area contributed by atoms with Crippen molar-refractivity contribution in [2.24, 2.45) is 0 Å². The molecule has 0 spiro atoms. The number of benzene rings is 2. The zero-order valence-electron chi connectivity index (χ0n) is 17.2. The average Bonchev–Trinajstić information content (AvgIpc) is 3.15. The van der Waals surface area contributed by atoms with Crippen LogP contribution in [0.5, 0.6) is 0 Å². The van der Waals surface area contributed by atoms with Crippen LogP contribution >= 0.6 is 0 Å². The van der Waals surface area contributed by atoms with Crippen LogP contribution in [0, 0.1) is 0 Å². The van der Waals surface area contributed by atoms with Gasteiger partial charge in [-0.15, -0.1) is 0 Å². The van der Waals surface area contributed by atoms with E-state index in [0.29, 0.717) is 13.2 Å². The van der Waals surface area contributed by atoms with E-state index >= 15 is 0 Å². The fourth-order valence-electron chi connectivity index (χ4n) is 4.58. The molecule has 5 rings (SSSR count). The van der Waals surface area contributed by atoms with Gasteiger partial charge in [0.25, 0.3) is 0 Å². The molecule has 0 aromatic heterocycles. The van der Waals surface area contributed by atoms with Gasteiger partial charge in [0.05, 0.1) is 19.3 Å². The maximum atomic E-state index is 6.40. The van der Waals surface area contributed by atoms with Gasteiger partial charge in [-0.2, -0.15) is 0 Å². The van der Waals surface area contributed by atoms with Crippen LogP contribution in [0.3, 0.4) is 0 Å². The molecule has 1 saturated carbocycles. The Kier molecular flexibility index (Phi) is 6.44. The minimum absolute atomic E-state index is 0.181. The Morgan fingerprint density at radius 1 is 0.833 bits per heavy atom. The highest BCUT2D eigenvalue weighted by Crippen LogP contribution is 2.38. The van der Waals surface area contributed by atoms with Crippen LogP contribution in [-0.4, -0.2) is 37.3 Å². The molecule has 5 atom stereocenters. The Morgan fingerprint density at radius 2 is 1.57 bits per heavy atom. The van der Waals surface area contributed by atoms with Gasteiger partial charge in [-0.25, -0.2) is 0 Å². The SMILES string of the molecule is c1ccc(CO[C@@H]2[C@H](OC3CCCCC3)O[C@@H]3CO[C@@H](c4ccccc4)O[C@@H]23)cc1. The third-order valence-corrected chi connectivity index (χ3v) is 6.20. The molecule has 5 heteroatoms. The number of ether oxygens (including phenoxy) is 5. The predicted molar refractivity (Wildman–Crippen MR) is 112 cm³/mol. The molecular weight excluding hydrogens is 380 g/mol. The fourth-order valence-corrected chi connectivity index (χ4v) is 4.58. The van der Waals surface area contributed by atoms with Crippen LogP contribution in [0.2, 0.25) is 0 Å². The molecule has 0 unspecified atom stereocenters. The molecule has 2 aliphatic heterocycles. The lowest BCUT2D eigenvalue weighted by atomic mass is 9.98. The van der Waals surface area contributed by atoms with Crippen LogP contribution in [0.1, 0.15) is 49.5 Å². The molecule has 2 heterocycles. The van der Waals surface area contributed by atoms with Crippen LogP contribution in [0.4, 0.5) is 0 Å². The van der Waals surface area contributed by atoms with E-state index < -0.39 is 12.6 Å². The second kappa shape index (κ2) is 9.58. The number of hydrogen-bond donors (Lipinski definition) is 0. The summed E-state index contributed by atoms with van der Waals surface area (Å²) in [6.07, 6.45) is 4.61. The molecule has 0 radical (unpaired) electrons. The molecular formula is C25H30O5. The lowest BCUT2D eigenvalue weighted by Gasteiger charge is -2.34. The largest absolute Gasteiger partial charge is 0.365 e. The maximum absolute atomic E-state index is 6.40. The van der Waals surface area contributed by atoms with Crippen LogP contribution < -0.4 is 0 Å². The van der Waals surface area contributed by atoms with Crippen molar-refractivity contribution in [2.75, 3.05) is 6.61 Å². The summed E-state index contributed by atoms with van der Waals surface area (Å²) in [5.74, 6) is 0. The van der Waals surface area contributed by atoms with E-state index in [1.54, 1.807) is 0 Å². The first-order valence-corrected chi connectivity index (χ1v) is 11.2. The maximum Gasteiger partial charge on any atom is 0.187 e. The summed E-state index contributed by atoms with van der Waals surface area (Å²) in [7, 11) is 0. The molecule has 2 aromatic rings. The lowest BCUT2D eigenvalue weighted by molar-refractivity contribution is -0.256. The zero-order valence-corrected chi connectivity index (χ0v) is 17.2. The van der Waals surface area contributed by atoms with Crippen molar-refractivity contribution in [3.63, 3.8) is 0 Å². The standard InChI is InChI=1S/C25H30O5/c1-4-10-18(11-5-1)16-26-23-22-21(29-25(23)28-20-14-8-3-9-15-20)17-27-24(30-22)19-12-6-2-7-13-19/h1-2,4-7,10-13,20-25H,3,8-9,14-17H2/t21-,22-,23+,24-,25-/m1/s1. The first kappa shape index (κ1) is 20.2. The van der Waals surface area contributed by atoms with Crippen LogP contribution in [-0.2, 0) is 30.3 Å². The first-order chi connectivity index (χ1) is 14.9. The number of rotatable bonds is 6. The van der Waals surface area contributed by atoms with Crippen LogP contribution in [0.25, 0.3) is 0 Å². The van der Waals surface area contributed by atoms with E-state index in [-0.39, 0.29) is 24.4 Å². The normalized spacial score (nSPS) is 32.1. The zero-order chi connectivity index (χ0) is 20.2. The van der Waals surface area contributed by atoms with Crippen molar-refractivity contribution in [3.05, 3.63) is 71.8 Å². The quantitative estimate of drug-likeness (QED) is 0.687. The van der Waals surface area contributed by atoms with E-state index in [9.17, 15) is 0 Å². The molecule has 160 valence electrons. The molecule has 0 N–H and O–H groups in total. The summed E-state index contributed by atoms with van der Waals surface area (Å²) in [5, 5.41) is 0. The third-order valence-electron chi connectivity index (χ3n) is 6.20. The summed E-state index contributed by atoms with van der Waals surface area (Å²) < 4.78 is 31.4. The summed E-state index contributed by atoms with van der Waals surface area (Å²) in [5.41, 5.74) is 2.14. The van der Waals surface area contributed by atoms with Gasteiger partial charge in [0, 0.05) is 5.56 Å². The van der Waals surface area contributed by atoms with E-state index in [4.69, 9.17) is 23.7 Å². The van der Waals surface area contributed by atoms with Crippen molar-refractivity contribution >= 4 is 0 Å². The smallest absolute Gasteiger partial charge is 0.187 e. The molecule has 3 fully saturated rings. The predicted octanol–water partition coefficient (Wildman–Crippen LogP) is 4.76. The van der Waals surface area contributed by atoms with Gasteiger partial charge < -0.3 is 23.7 Å². The van der Waals surface area contributed by atoms with Crippen molar-refractivity contribution in [3.8, 4) is 0 Å². The number of hydrogen-bond acceptors (Lipinski definition) is 5. The van der Waals surface area contributed by atoms with Crippen molar-refractivity contribution in [1.29, 1.82) is 0 Å². The summed E-state index contributed by atoms with van der Waals surface area (Å²) >= 11 is 0. The van der Waals surface area contributed by atoms with Gasteiger partial charge in [-0.3, -0.25) is 0 Å². The Labute approximate surface area is 178 Å². The molecule has 0 amide bonds. The second-order valence-corrected chi connectivity index (χ2v) is 8.38. The Morgan fingerprint density at radius 3 is 2.33 bits per heavy atom. The monoisotopic (exact) mass is 410 g/mol. The minimum Gasteiger partial charge on any atom is -0.365 e. The molecule has 1 aliphatic carbocycles. The Hall–Kier alpha value is -1.76. The van der Waals surface area contributed by atoms with Gasteiger partial charge in [0.1, 0.15) is 18.3 Å². The Balaban J connectivity index is 1.31. The van der Waals surface area contributed by atoms with Gasteiger partial charge in [-0.05, 0) is 18.4 Å². The first-order valence-electron chi connectivity index (χ1n) is 11.2. The molecule has 30 heavy (non-hydrogen) atoms.